The minimum Gasteiger partial charge on any atom is -0.354 e. The number of hydrogen-bond donors (Lipinski definition) is 2. The molecular weight excluding hydrogens is 242 g/mol. The van der Waals surface area contributed by atoms with Gasteiger partial charge >= 0.3 is 6.03 Å². The van der Waals surface area contributed by atoms with Gasteiger partial charge < -0.3 is 16.0 Å². The van der Waals surface area contributed by atoms with E-state index < -0.39 is 6.03 Å². The zero-order valence-corrected chi connectivity index (χ0v) is 11.5. The molecule has 0 aromatic carbocycles. The summed E-state index contributed by atoms with van der Waals surface area (Å²) in [5.41, 5.74) is 5.68. The van der Waals surface area contributed by atoms with Crippen molar-refractivity contribution in [2.24, 2.45) is 5.73 Å². The smallest absolute Gasteiger partial charge is 0.316 e. The van der Waals surface area contributed by atoms with E-state index in [1.165, 1.54) is 0 Å². The Labute approximate surface area is 113 Å². The molecule has 0 spiro atoms. The molecule has 2 rings (SSSR count). The van der Waals surface area contributed by atoms with E-state index in [4.69, 9.17) is 5.73 Å². The number of piperazine rings is 1. The summed E-state index contributed by atoms with van der Waals surface area (Å²) < 4.78 is 0. The number of carbonyl (C=O) groups excluding carboxylic acids is 1. The molecular formula is C13H21N5O. The average Bonchev–Trinajstić information content (AvgIpc) is 2.39. The first-order valence-corrected chi connectivity index (χ1v) is 6.58. The van der Waals surface area contributed by atoms with Crippen LogP contribution in [0, 0.1) is 0 Å². The summed E-state index contributed by atoms with van der Waals surface area (Å²) in [6.45, 7) is 8.51. The van der Waals surface area contributed by atoms with Gasteiger partial charge in [0, 0.05) is 32.2 Å². The Morgan fingerprint density at radius 1 is 1.32 bits per heavy atom. The standard InChI is InChI=1S/C13H21N5O/c1-10(2)17-5-7-18(8-6-17)12-4-3-11(9-15-12)16-13(14)19/h3-4,9-10H,5-8H2,1-2H3,(H3,14,16,19). The van der Waals surface area contributed by atoms with Crippen LogP contribution in [0.5, 0.6) is 0 Å². The highest BCUT2D eigenvalue weighted by atomic mass is 16.2. The van der Waals surface area contributed by atoms with E-state index in [0.29, 0.717) is 11.7 Å². The van der Waals surface area contributed by atoms with Crippen molar-refractivity contribution in [2.75, 3.05) is 36.4 Å². The number of nitrogens with one attached hydrogen (secondary N) is 1. The molecule has 1 fully saturated rings. The van der Waals surface area contributed by atoms with Gasteiger partial charge in [0.1, 0.15) is 5.82 Å². The van der Waals surface area contributed by atoms with Crippen molar-refractivity contribution < 1.29 is 4.79 Å². The SMILES string of the molecule is CC(C)N1CCN(c2ccc(NC(N)=O)cn2)CC1. The summed E-state index contributed by atoms with van der Waals surface area (Å²) in [4.78, 5) is 19.8. The molecule has 0 atom stereocenters. The van der Waals surface area contributed by atoms with Crippen LogP contribution in [0.15, 0.2) is 18.3 Å². The molecule has 2 amide bonds. The maximum Gasteiger partial charge on any atom is 0.316 e. The summed E-state index contributed by atoms with van der Waals surface area (Å²) in [5.74, 6) is 0.943. The van der Waals surface area contributed by atoms with E-state index in [9.17, 15) is 4.79 Å². The highest BCUT2D eigenvalue weighted by Gasteiger charge is 2.19. The molecule has 19 heavy (non-hydrogen) atoms. The largest absolute Gasteiger partial charge is 0.354 e. The lowest BCUT2D eigenvalue weighted by molar-refractivity contribution is 0.209. The lowest BCUT2D eigenvalue weighted by Crippen LogP contribution is -2.49. The second-order valence-electron chi connectivity index (χ2n) is 5.01. The number of nitrogens with two attached hydrogens (primary N) is 1. The monoisotopic (exact) mass is 263 g/mol. The third kappa shape index (κ3) is 3.57. The number of primary amides is 1. The maximum absolute atomic E-state index is 10.7. The second kappa shape index (κ2) is 5.88. The fraction of sp³-hybridized carbons (Fsp3) is 0.538. The molecule has 1 aliphatic heterocycles. The Kier molecular flexibility index (Phi) is 4.21. The zero-order chi connectivity index (χ0) is 13.8. The lowest BCUT2D eigenvalue weighted by atomic mass is 10.2. The van der Waals surface area contributed by atoms with Crippen molar-refractivity contribution >= 4 is 17.5 Å². The van der Waals surface area contributed by atoms with E-state index in [0.717, 1.165) is 32.0 Å². The van der Waals surface area contributed by atoms with Crippen LogP contribution in [0.3, 0.4) is 0 Å². The molecule has 1 aromatic heterocycles. The van der Waals surface area contributed by atoms with Crippen LogP contribution in [0.2, 0.25) is 0 Å². The van der Waals surface area contributed by atoms with E-state index in [-0.39, 0.29) is 0 Å². The highest BCUT2D eigenvalue weighted by molar-refractivity contribution is 5.87. The van der Waals surface area contributed by atoms with Crippen LogP contribution >= 0.6 is 0 Å². The number of urea groups is 1. The third-order valence-electron chi connectivity index (χ3n) is 3.38. The number of hydrogen-bond acceptors (Lipinski definition) is 4. The number of amides is 2. The van der Waals surface area contributed by atoms with Crippen LogP contribution in [-0.2, 0) is 0 Å². The Morgan fingerprint density at radius 2 is 2.00 bits per heavy atom. The summed E-state index contributed by atoms with van der Waals surface area (Å²) in [5, 5.41) is 2.51. The number of aromatic nitrogens is 1. The van der Waals surface area contributed by atoms with Crippen LogP contribution in [0.4, 0.5) is 16.3 Å². The zero-order valence-electron chi connectivity index (χ0n) is 11.5. The van der Waals surface area contributed by atoms with Gasteiger partial charge in [0.15, 0.2) is 0 Å². The second-order valence-corrected chi connectivity index (χ2v) is 5.01. The average molecular weight is 263 g/mol. The summed E-state index contributed by atoms with van der Waals surface area (Å²) in [6, 6.07) is 3.76. The van der Waals surface area contributed by atoms with Crippen molar-refractivity contribution in [3.63, 3.8) is 0 Å². The summed E-state index contributed by atoms with van der Waals surface area (Å²) >= 11 is 0. The number of rotatable bonds is 3. The number of carbonyl (C=O) groups is 1. The van der Waals surface area contributed by atoms with Crippen LogP contribution in [0.25, 0.3) is 0 Å². The fourth-order valence-corrected chi connectivity index (χ4v) is 2.26. The predicted octanol–water partition coefficient (Wildman–Crippen LogP) is 1.10. The molecule has 2 heterocycles. The van der Waals surface area contributed by atoms with Gasteiger partial charge in [0.05, 0.1) is 11.9 Å². The van der Waals surface area contributed by atoms with Gasteiger partial charge in [-0.3, -0.25) is 4.90 Å². The van der Waals surface area contributed by atoms with Crippen molar-refractivity contribution in [1.29, 1.82) is 0 Å². The van der Waals surface area contributed by atoms with Crippen molar-refractivity contribution in [1.82, 2.24) is 9.88 Å². The molecule has 0 aliphatic carbocycles. The van der Waals surface area contributed by atoms with Crippen LogP contribution in [0.1, 0.15) is 13.8 Å². The van der Waals surface area contributed by atoms with Crippen molar-refractivity contribution in [2.45, 2.75) is 19.9 Å². The van der Waals surface area contributed by atoms with E-state index in [1.54, 1.807) is 6.20 Å². The Bertz CT molecular complexity index is 423. The molecule has 1 aromatic rings. The molecule has 1 saturated heterocycles. The van der Waals surface area contributed by atoms with Crippen LogP contribution in [-0.4, -0.2) is 48.1 Å². The third-order valence-corrected chi connectivity index (χ3v) is 3.38. The molecule has 104 valence electrons. The van der Waals surface area contributed by atoms with Gasteiger partial charge in [-0.05, 0) is 26.0 Å². The lowest BCUT2D eigenvalue weighted by Gasteiger charge is -2.37. The van der Waals surface area contributed by atoms with Crippen molar-refractivity contribution in [3.05, 3.63) is 18.3 Å². The predicted molar refractivity (Wildman–Crippen MR) is 76.4 cm³/mol. The molecule has 3 N–H and O–H groups in total. The normalized spacial score (nSPS) is 16.7. The first-order valence-electron chi connectivity index (χ1n) is 6.58. The molecule has 6 heteroatoms. The minimum atomic E-state index is -0.569. The summed E-state index contributed by atoms with van der Waals surface area (Å²) in [7, 11) is 0. The first-order chi connectivity index (χ1) is 9.06. The number of pyridine rings is 1. The quantitative estimate of drug-likeness (QED) is 0.856. The van der Waals surface area contributed by atoms with Crippen molar-refractivity contribution in [3.8, 4) is 0 Å². The molecule has 0 saturated carbocycles. The number of anilines is 2. The van der Waals surface area contributed by atoms with E-state index in [2.05, 4.69) is 33.9 Å². The van der Waals surface area contributed by atoms with E-state index in [1.807, 2.05) is 12.1 Å². The fourth-order valence-electron chi connectivity index (χ4n) is 2.26. The number of nitrogens with zero attached hydrogens (tertiary/aromatic N) is 3. The molecule has 0 unspecified atom stereocenters. The van der Waals surface area contributed by atoms with Crippen LogP contribution < -0.4 is 16.0 Å². The van der Waals surface area contributed by atoms with Gasteiger partial charge in [0.25, 0.3) is 0 Å². The van der Waals surface area contributed by atoms with Gasteiger partial charge in [0.2, 0.25) is 0 Å². The minimum absolute atomic E-state index is 0.569. The highest BCUT2D eigenvalue weighted by Crippen LogP contribution is 2.16. The van der Waals surface area contributed by atoms with E-state index >= 15 is 0 Å². The topological polar surface area (TPSA) is 74.5 Å². The van der Waals surface area contributed by atoms with Gasteiger partial charge in [-0.25, -0.2) is 9.78 Å². The Balaban J connectivity index is 1.94. The van der Waals surface area contributed by atoms with Gasteiger partial charge in [-0.15, -0.1) is 0 Å². The Morgan fingerprint density at radius 3 is 2.47 bits per heavy atom. The Hall–Kier alpha value is -1.82. The van der Waals surface area contributed by atoms with Gasteiger partial charge in [-0.1, -0.05) is 0 Å². The maximum atomic E-state index is 10.7. The molecule has 6 nitrogen and oxygen atoms in total. The molecule has 0 radical (unpaired) electrons. The van der Waals surface area contributed by atoms with Gasteiger partial charge in [-0.2, -0.15) is 0 Å². The first kappa shape index (κ1) is 13.6. The molecule has 1 aliphatic rings. The summed E-state index contributed by atoms with van der Waals surface area (Å²) in [6.07, 6.45) is 1.63. The molecule has 0 bridgehead atoms.